The Morgan fingerprint density at radius 3 is 2.58 bits per heavy atom. The molecule has 100 valence electrons. The highest BCUT2D eigenvalue weighted by Crippen LogP contribution is 2.27. The van der Waals surface area contributed by atoms with Gasteiger partial charge in [0.05, 0.1) is 18.7 Å². The minimum atomic E-state index is -0.793. The minimum absolute atomic E-state index is 0.0597. The number of rotatable bonds is 6. The number of carboxylic acid groups (broad SMARTS) is 1. The molecule has 0 radical (unpaired) electrons. The van der Waals surface area contributed by atoms with Crippen molar-refractivity contribution >= 4 is 5.97 Å². The van der Waals surface area contributed by atoms with E-state index in [1.807, 2.05) is 54.4 Å². The quantitative estimate of drug-likeness (QED) is 0.866. The highest BCUT2D eigenvalue weighted by molar-refractivity contribution is 5.66. The number of furan rings is 1. The minimum Gasteiger partial charge on any atom is -0.481 e. The van der Waals surface area contributed by atoms with Crippen molar-refractivity contribution in [1.82, 2.24) is 4.90 Å². The Kier molecular flexibility index (Phi) is 4.36. The molecule has 0 bridgehead atoms. The van der Waals surface area contributed by atoms with E-state index in [4.69, 9.17) is 9.52 Å². The summed E-state index contributed by atoms with van der Waals surface area (Å²) in [7, 11) is 1.91. The van der Waals surface area contributed by atoms with Crippen LogP contribution in [0.15, 0.2) is 53.1 Å². The molecule has 0 saturated carbocycles. The van der Waals surface area contributed by atoms with Crippen molar-refractivity contribution in [3.05, 3.63) is 60.1 Å². The van der Waals surface area contributed by atoms with Gasteiger partial charge in [-0.3, -0.25) is 9.69 Å². The molecule has 2 aromatic rings. The predicted molar refractivity (Wildman–Crippen MR) is 71.9 cm³/mol. The fourth-order valence-corrected chi connectivity index (χ4v) is 2.12. The molecule has 1 N–H and O–H groups in total. The van der Waals surface area contributed by atoms with E-state index in [-0.39, 0.29) is 12.5 Å². The Hall–Kier alpha value is -2.07. The fourth-order valence-electron chi connectivity index (χ4n) is 2.12. The third-order valence-corrected chi connectivity index (χ3v) is 3.05. The number of nitrogens with zero attached hydrogens (tertiary/aromatic N) is 1. The maximum Gasteiger partial charge on any atom is 0.304 e. The number of hydrogen-bond acceptors (Lipinski definition) is 3. The molecule has 1 unspecified atom stereocenters. The molecule has 2 rings (SSSR count). The molecule has 0 amide bonds. The highest BCUT2D eigenvalue weighted by atomic mass is 16.4. The van der Waals surface area contributed by atoms with Crippen molar-refractivity contribution in [2.45, 2.75) is 12.5 Å². The summed E-state index contributed by atoms with van der Waals surface area (Å²) in [5.74, 6) is 0.0252. The van der Waals surface area contributed by atoms with Crippen LogP contribution in [0, 0.1) is 0 Å². The van der Waals surface area contributed by atoms with Crippen LogP contribution in [-0.2, 0) is 4.79 Å². The molecule has 0 saturated heterocycles. The molecule has 4 heteroatoms. The smallest absolute Gasteiger partial charge is 0.304 e. The third-order valence-electron chi connectivity index (χ3n) is 3.05. The van der Waals surface area contributed by atoms with E-state index in [2.05, 4.69) is 0 Å². The summed E-state index contributed by atoms with van der Waals surface area (Å²) in [6.45, 7) is 0.468. The standard InChI is InChI=1S/C15H17NO3/c1-16(10-9-14(17)18)15(13-8-5-11-19-13)12-6-3-2-4-7-12/h2-8,11,15H,9-10H2,1H3,(H,17,18). The Bertz CT molecular complexity index is 507. The topological polar surface area (TPSA) is 53.7 Å². The monoisotopic (exact) mass is 259 g/mol. The molecule has 1 aromatic heterocycles. The van der Waals surface area contributed by atoms with Gasteiger partial charge in [0.2, 0.25) is 0 Å². The maximum atomic E-state index is 10.7. The largest absolute Gasteiger partial charge is 0.481 e. The van der Waals surface area contributed by atoms with E-state index in [1.54, 1.807) is 6.26 Å². The normalized spacial score (nSPS) is 12.5. The van der Waals surface area contributed by atoms with E-state index < -0.39 is 5.97 Å². The summed E-state index contributed by atoms with van der Waals surface area (Å²) in [4.78, 5) is 12.7. The van der Waals surface area contributed by atoms with Gasteiger partial charge in [-0.1, -0.05) is 30.3 Å². The number of carbonyl (C=O) groups is 1. The van der Waals surface area contributed by atoms with Crippen LogP contribution in [0.4, 0.5) is 0 Å². The van der Waals surface area contributed by atoms with Crippen LogP contribution in [-0.4, -0.2) is 29.6 Å². The van der Waals surface area contributed by atoms with Crippen molar-refractivity contribution < 1.29 is 14.3 Å². The van der Waals surface area contributed by atoms with Gasteiger partial charge in [0, 0.05) is 6.54 Å². The zero-order valence-electron chi connectivity index (χ0n) is 10.8. The van der Waals surface area contributed by atoms with Gasteiger partial charge < -0.3 is 9.52 Å². The molecule has 0 aliphatic carbocycles. The van der Waals surface area contributed by atoms with Crippen molar-refractivity contribution in [2.24, 2.45) is 0 Å². The van der Waals surface area contributed by atoms with Crippen molar-refractivity contribution in [3.8, 4) is 0 Å². The summed E-state index contributed by atoms with van der Waals surface area (Å²) in [5, 5.41) is 8.80. The second-order valence-electron chi connectivity index (χ2n) is 4.45. The predicted octanol–water partition coefficient (Wildman–Crippen LogP) is 2.78. The van der Waals surface area contributed by atoms with Crippen LogP contribution in [0.2, 0.25) is 0 Å². The van der Waals surface area contributed by atoms with Gasteiger partial charge in [-0.2, -0.15) is 0 Å². The van der Waals surface area contributed by atoms with Crippen molar-refractivity contribution in [1.29, 1.82) is 0 Å². The first kappa shape index (κ1) is 13.4. The number of aliphatic carboxylic acids is 1. The molecule has 0 spiro atoms. The third kappa shape index (κ3) is 3.45. The summed E-state index contributed by atoms with van der Waals surface area (Å²) < 4.78 is 5.49. The first-order valence-electron chi connectivity index (χ1n) is 6.19. The SMILES string of the molecule is CN(CCC(=O)O)C(c1ccccc1)c1ccco1. The Balaban J connectivity index is 2.23. The van der Waals surface area contributed by atoms with Crippen LogP contribution >= 0.6 is 0 Å². The lowest BCUT2D eigenvalue weighted by Gasteiger charge is -2.26. The Morgan fingerprint density at radius 1 is 1.26 bits per heavy atom. The lowest BCUT2D eigenvalue weighted by atomic mass is 10.0. The van der Waals surface area contributed by atoms with Gasteiger partial charge in [0.15, 0.2) is 0 Å². The molecule has 1 aromatic carbocycles. The van der Waals surface area contributed by atoms with E-state index in [9.17, 15) is 4.79 Å². The summed E-state index contributed by atoms with van der Waals surface area (Å²) in [6, 6.07) is 13.6. The van der Waals surface area contributed by atoms with E-state index in [0.717, 1.165) is 11.3 Å². The summed E-state index contributed by atoms with van der Waals surface area (Å²) in [6.07, 6.45) is 1.75. The molecular formula is C15H17NO3. The second kappa shape index (κ2) is 6.20. The van der Waals surface area contributed by atoms with Gasteiger partial charge in [-0.05, 0) is 24.7 Å². The van der Waals surface area contributed by atoms with Crippen LogP contribution in [0.3, 0.4) is 0 Å². The van der Waals surface area contributed by atoms with Crippen LogP contribution < -0.4 is 0 Å². The summed E-state index contributed by atoms with van der Waals surface area (Å²) in [5.41, 5.74) is 1.09. The van der Waals surface area contributed by atoms with Gasteiger partial charge >= 0.3 is 5.97 Å². The van der Waals surface area contributed by atoms with Gasteiger partial charge in [-0.15, -0.1) is 0 Å². The molecule has 4 nitrogen and oxygen atoms in total. The number of benzene rings is 1. The van der Waals surface area contributed by atoms with Gasteiger partial charge in [-0.25, -0.2) is 0 Å². The van der Waals surface area contributed by atoms with E-state index >= 15 is 0 Å². The molecule has 1 atom stereocenters. The molecular weight excluding hydrogens is 242 g/mol. The van der Waals surface area contributed by atoms with Crippen LogP contribution in [0.25, 0.3) is 0 Å². The molecule has 19 heavy (non-hydrogen) atoms. The van der Waals surface area contributed by atoms with Crippen molar-refractivity contribution in [3.63, 3.8) is 0 Å². The summed E-state index contributed by atoms with van der Waals surface area (Å²) >= 11 is 0. The molecule has 0 aliphatic rings. The first-order valence-corrected chi connectivity index (χ1v) is 6.19. The maximum absolute atomic E-state index is 10.7. The van der Waals surface area contributed by atoms with Crippen molar-refractivity contribution in [2.75, 3.05) is 13.6 Å². The van der Waals surface area contributed by atoms with Crippen LogP contribution in [0.5, 0.6) is 0 Å². The van der Waals surface area contributed by atoms with Gasteiger partial charge in [0.1, 0.15) is 5.76 Å². The van der Waals surface area contributed by atoms with E-state index in [0.29, 0.717) is 6.54 Å². The first-order chi connectivity index (χ1) is 9.18. The average molecular weight is 259 g/mol. The zero-order valence-corrected chi connectivity index (χ0v) is 10.8. The lowest BCUT2D eigenvalue weighted by Crippen LogP contribution is -2.27. The zero-order chi connectivity index (χ0) is 13.7. The fraction of sp³-hybridized carbons (Fsp3) is 0.267. The molecule has 0 fully saturated rings. The molecule has 1 heterocycles. The second-order valence-corrected chi connectivity index (χ2v) is 4.45. The van der Waals surface area contributed by atoms with E-state index in [1.165, 1.54) is 0 Å². The van der Waals surface area contributed by atoms with Crippen LogP contribution in [0.1, 0.15) is 23.8 Å². The molecule has 0 aliphatic heterocycles. The number of carboxylic acids is 1. The lowest BCUT2D eigenvalue weighted by molar-refractivity contribution is -0.137. The number of hydrogen-bond donors (Lipinski definition) is 1. The Labute approximate surface area is 112 Å². The average Bonchev–Trinajstić information content (AvgIpc) is 2.92. The Morgan fingerprint density at radius 2 is 2.00 bits per heavy atom. The van der Waals surface area contributed by atoms with Gasteiger partial charge in [0.25, 0.3) is 0 Å². The highest BCUT2D eigenvalue weighted by Gasteiger charge is 2.21.